The first-order valence-electron chi connectivity index (χ1n) is 11.6. The highest BCUT2D eigenvalue weighted by Crippen LogP contribution is 2.29. The molecule has 0 amide bonds. The van der Waals surface area contributed by atoms with E-state index in [1.807, 2.05) is 61.5 Å². The van der Waals surface area contributed by atoms with Crippen molar-refractivity contribution in [1.82, 2.24) is 0 Å². The van der Waals surface area contributed by atoms with Crippen LogP contribution in [0.4, 0.5) is 13.2 Å². The van der Waals surface area contributed by atoms with Gasteiger partial charge in [0, 0.05) is 5.56 Å². The number of ether oxygens (including phenoxy) is 1. The van der Waals surface area contributed by atoms with Crippen LogP contribution in [0.3, 0.4) is 0 Å². The minimum atomic E-state index is -0.811. The van der Waals surface area contributed by atoms with Crippen LogP contribution in [-0.2, 0) is 19.3 Å². The summed E-state index contributed by atoms with van der Waals surface area (Å²) in [5.74, 6) is -1.76. The maximum absolute atomic E-state index is 14.8. The Bertz CT molecular complexity index is 1260. The largest absolute Gasteiger partial charge is 0.491 e. The number of hydrogen-bond acceptors (Lipinski definition) is 1. The SMILES string of the molecule is CCOc1ccc(-c2ccc(CCc3ccc(-c4ccc(CC)cc4)c(F)c3F)cc2)cc1F. The fourth-order valence-corrected chi connectivity index (χ4v) is 4.02. The molecule has 174 valence electrons. The summed E-state index contributed by atoms with van der Waals surface area (Å²) in [4.78, 5) is 0. The van der Waals surface area contributed by atoms with E-state index >= 15 is 0 Å². The molecule has 4 aromatic rings. The van der Waals surface area contributed by atoms with Crippen molar-refractivity contribution in [3.63, 3.8) is 0 Å². The predicted molar refractivity (Wildman–Crippen MR) is 132 cm³/mol. The average Bonchev–Trinajstić information content (AvgIpc) is 2.87. The fourth-order valence-electron chi connectivity index (χ4n) is 4.02. The third kappa shape index (κ3) is 5.17. The summed E-state index contributed by atoms with van der Waals surface area (Å²) in [7, 11) is 0. The Morgan fingerprint density at radius 2 is 1.26 bits per heavy atom. The van der Waals surface area contributed by atoms with Crippen molar-refractivity contribution in [2.24, 2.45) is 0 Å². The molecule has 0 saturated heterocycles. The van der Waals surface area contributed by atoms with E-state index in [1.54, 1.807) is 18.2 Å². The van der Waals surface area contributed by atoms with Crippen molar-refractivity contribution >= 4 is 0 Å². The van der Waals surface area contributed by atoms with Crippen LogP contribution < -0.4 is 4.74 Å². The summed E-state index contributed by atoms with van der Waals surface area (Å²) in [6.07, 6.45) is 1.85. The molecule has 0 fully saturated rings. The second-order valence-corrected chi connectivity index (χ2v) is 8.23. The molecule has 0 spiro atoms. The number of benzene rings is 4. The zero-order valence-electron chi connectivity index (χ0n) is 19.4. The van der Waals surface area contributed by atoms with Gasteiger partial charge in [-0.3, -0.25) is 0 Å². The van der Waals surface area contributed by atoms with Gasteiger partial charge >= 0.3 is 0 Å². The molecule has 4 aromatic carbocycles. The monoisotopic (exact) mass is 460 g/mol. The Hall–Kier alpha value is -3.53. The maximum atomic E-state index is 14.8. The van der Waals surface area contributed by atoms with E-state index in [9.17, 15) is 13.2 Å². The molecule has 34 heavy (non-hydrogen) atoms. The summed E-state index contributed by atoms with van der Waals surface area (Å²) in [5, 5.41) is 0. The molecular weight excluding hydrogens is 433 g/mol. The van der Waals surface area contributed by atoms with Gasteiger partial charge in [0.05, 0.1) is 6.61 Å². The highest BCUT2D eigenvalue weighted by Gasteiger charge is 2.15. The average molecular weight is 461 g/mol. The summed E-state index contributed by atoms with van der Waals surface area (Å²) >= 11 is 0. The lowest BCUT2D eigenvalue weighted by atomic mass is 9.97. The van der Waals surface area contributed by atoms with E-state index in [1.165, 1.54) is 6.07 Å². The van der Waals surface area contributed by atoms with Gasteiger partial charge in [0.1, 0.15) is 0 Å². The zero-order chi connectivity index (χ0) is 24.1. The number of halogens is 3. The standard InChI is InChI=1S/C30H27F3O/c1-3-20-5-12-23(13-6-20)26-17-15-24(29(32)30(26)33)14-9-21-7-10-22(11-8-21)25-16-18-28(34-4-2)27(31)19-25/h5-8,10-13,15-19H,3-4,9,14H2,1-2H3. The fraction of sp³-hybridized carbons (Fsp3) is 0.200. The van der Waals surface area contributed by atoms with Crippen LogP contribution in [0.5, 0.6) is 5.75 Å². The first-order valence-corrected chi connectivity index (χ1v) is 11.6. The predicted octanol–water partition coefficient (Wildman–Crippen LogP) is 8.18. The topological polar surface area (TPSA) is 9.23 Å². The highest BCUT2D eigenvalue weighted by atomic mass is 19.2. The Balaban J connectivity index is 1.45. The maximum Gasteiger partial charge on any atom is 0.166 e. The molecule has 4 rings (SSSR count). The molecule has 0 aromatic heterocycles. The zero-order valence-corrected chi connectivity index (χ0v) is 19.4. The van der Waals surface area contributed by atoms with Gasteiger partial charge in [-0.2, -0.15) is 0 Å². The normalized spacial score (nSPS) is 11.0. The molecule has 1 nitrogen and oxygen atoms in total. The van der Waals surface area contributed by atoms with Crippen LogP contribution in [0.15, 0.2) is 78.9 Å². The second-order valence-electron chi connectivity index (χ2n) is 8.23. The summed E-state index contributed by atoms with van der Waals surface area (Å²) in [5.41, 5.74) is 5.07. The van der Waals surface area contributed by atoms with Crippen LogP contribution in [-0.4, -0.2) is 6.61 Å². The lowest BCUT2D eigenvalue weighted by Gasteiger charge is -2.10. The van der Waals surface area contributed by atoms with Gasteiger partial charge in [-0.05, 0) is 71.7 Å². The van der Waals surface area contributed by atoms with E-state index < -0.39 is 17.5 Å². The van der Waals surface area contributed by atoms with Gasteiger partial charge < -0.3 is 4.74 Å². The smallest absolute Gasteiger partial charge is 0.166 e. The Labute approximate surface area is 198 Å². The van der Waals surface area contributed by atoms with Gasteiger partial charge in [0.2, 0.25) is 0 Å². The van der Waals surface area contributed by atoms with Crippen molar-refractivity contribution in [3.8, 4) is 28.0 Å². The third-order valence-electron chi connectivity index (χ3n) is 6.04. The third-order valence-corrected chi connectivity index (χ3v) is 6.04. The van der Waals surface area contributed by atoms with E-state index in [2.05, 4.69) is 6.92 Å². The Morgan fingerprint density at radius 1 is 0.618 bits per heavy atom. The molecule has 0 saturated carbocycles. The van der Waals surface area contributed by atoms with Gasteiger partial charge in [-0.15, -0.1) is 0 Å². The van der Waals surface area contributed by atoms with Crippen LogP contribution in [0.1, 0.15) is 30.5 Å². The molecule has 0 atom stereocenters. The summed E-state index contributed by atoms with van der Waals surface area (Å²) < 4.78 is 49.0. The van der Waals surface area contributed by atoms with Crippen LogP contribution in [0.2, 0.25) is 0 Å². The van der Waals surface area contributed by atoms with Crippen molar-refractivity contribution in [3.05, 3.63) is 113 Å². The van der Waals surface area contributed by atoms with E-state index in [4.69, 9.17) is 4.74 Å². The van der Waals surface area contributed by atoms with E-state index in [0.29, 0.717) is 30.6 Å². The Kier molecular flexibility index (Phi) is 7.36. The van der Waals surface area contributed by atoms with Crippen molar-refractivity contribution < 1.29 is 17.9 Å². The quantitative estimate of drug-likeness (QED) is 0.258. The summed E-state index contributed by atoms with van der Waals surface area (Å²) in [6, 6.07) is 23.4. The molecule has 4 heteroatoms. The van der Waals surface area contributed by atoms with Gasteiger partial charge in [0.15, 0.2) is 23.2 Å². The van der Waals surface area contributed by atoms with E-state index in [-0.39, 0.29) is 11.3 Å². The molecule has 0 aliphatic heterocycles. The lowest BCUT2D eigenvalue weighted by Crippen LogP contribution is -2.00. The minimum absolute atomic E-state index is 0.237. The van der Waals surface area contributed by atoms with Crippen LogP contribution >= 0.6 is 0 Å². The lowest BCUT2D eigenvalue weighted by molar-refractivity contribution is 0.321. The van der Waals surface area contributed by atoms with Crippen molar-refractivity contribution in [1.29, 1.82) is 0 Å². The molecule has 0 bridgehead atoms. The second kappa shape index (κ2) is 10.6. The molecule has 0 heterocycles. The number of rotatable bonds is 8. The highest BCUT2D eigenvalue weighted by molar-refractivity contribution is 5.66. The molecule has 0 radical (unpaired) electrons. The van der Waals surface area contributed by atoms with Gasteiger partial charge in [0.25, 0.3) is 0 Å². The first kappa shape index (κ1) is 23.6. The molecular formula is C30H27F3O. The van der Waals surface area contributed by atoms with Crippen LogP contribution in [0.25, 0.3) is 22.3 Å². The number of aryl methyl sites for hydroxylation is 3. The van der Waals surface area contributed by atoms with Gasteiger partial charge in [-0.25, -0.2) is 13.2 Å². The molecule has 0 N–H and O–H groups in total. The van der Waals surface area contributed by atoms with Crippen LogP contribution in [0, 0.1) is 17.5 Å². The van der Waals surface area contributed by atoms with E-state index in [0.717, 1.165) is 28.7 Å². The van der Waals surface area contributed by atoms with Gasteiger partial charge in [-0.1, -0.05) is 73.7 Å². The first-order chi connectivity index (χ1) is 16.5. The molecule has 0 aliphatic rings. The van der Waals surface area contributed by atoms with Crippen molar-refractivity contribution in [2.45, 2.75) is 33.1 Å². The van der Waals surface area contributed by atoms with Crippen molar-refractivity contribution in [2.75, 3.05) is 6.61 Å². The summed E-state index contributed by atoms with van der Waals surface area (Å²) in [6.45, 7) is 4.27. The molecule has 0 aliphatic carbocycles. The number of hydrogen-bond donors (Lipinski definition) is 0. The minimum Gasteiger partial charge on any atom is -0.491 e. The molecule has 0 unspecified atom stereocenters. The Morgan fingerprint density at radius 3 is 1.91 bits per heavy atom.